The van der Waals surface area contributed by atoms with Crippen molar-refractivity contribution in [1.29, 1.82) is 0 Å². The number of aromatic nitrogens is 3. The van der Waals surface area contributed by atoms with Gasteiger partial charge in [-0.25, -0.2) is 4.52 Å². The second-order valence-corrected chi connectivity index (χ2v) is 9.20. The van der Waals surface area contributed by atoms with Crippen molar-refractivity contribution in [3.8, 4) is 11.3 Å². The van der Waals surface area contributed by atoms with Crippen LogP contribution in [0.15, 0.2) is 66.7 Å². The number of nitrogens with zero attached hydrogens (tertiary/aromatic N) is 3. The first-order valence-corrected chi connectivity index (χ1v) is 11.2. The molecule has 2 heterocycles. The van der Waals surface area contributed by atoms with E-state index in [1.54, 1.807) is 0 Å². The first-order valence-electron chi connectivity index (χ1n) is 11.2. The fourth-order valence-electron chi connectivity index (χ4n) is 4.03. The lowest BCUT2D eigenvalue weighted by Gasteiger charge is -2.10. The van der Waals surface area contributed by atoms with Crippen LogP contribution in [-0.2, 0) is 5.41 Å². The predicted octanol–water partition coefficient (Wildman–Crippen LogP) is 5.08. The molecule has 0 unspecified atom stereocenters. The molecule has 2 N–H and O–H groups in total. The van der Waals surface area contributed by atoms with Gasteiger partial charge in [-0.05, 0) is 73.1 Å². The average molecular weight is 424 g/mol. The Hall–Kier alpha value is -3.67. The molecule has 2 aromatic heterocycles. The minimum absolute atomic E-state index is 0.0174. The largest absolute Gasteiger partial charge is 0.349 e. The number of amides is 1. The Morgan fingerprint density at radius 2 is 1.75 bits per heavy atom. The topological polar surface area (TPSA) is 71.3 Å². The summed E-state index contributed by atoms with van der Waals surface area (Å²) in [6, 6.07) is 22.6. The summed E-state index contributed by atoms with van der Waals surface area (Å²) < 4.78 is 1.87. The molecule has 2 fully saturated rings. The molecule has 0 spiro atoms. The van der Waals surface area contributed by atoms with Crippen molar-refractivity contribution in [3.05, 3.63) is 77.9 Å². The van der Waals surface area contributed by atoms with Crippen molar-refractivity contribution in [1.82, 2.24) is 19.9 Å². The second kappa shape index (κ2) is 7.19. The van der Waals surface area contributed by atoms with Crippen LogP contribution in [0.3, 0.4) is 0 Å². The smallest absolute Gasteiger partial charge is 0.251 e. The molecule has 1 amide bonds. The van der Waals surface area contributed by atoms with Gasteiger partial charge < -0.3 is 10.6 Å². The molecule has 0 radical (unpaired) electrons. The summed E-state index contributed by atoms with van der Waals surface area (Å²) in [5.74, 6) is 0.506. The summed E-state index contributed by atoms with van der Waals surface area (Å²) >= 11 is 0. The lowest BCUT2D eigenvalue weighted by atomic mass is 9.96. The number of anilines is 2. The molecule has 6 rings (SSSR count). The highest BCUT2D eigenvalue weighted by atomic mass is 16.1. The molecule has 32 heavy (non-hydrogen) atoms. The number of fused-ring (bicyclic) bond motifs is 1. The zero-order chi connectivity index (χ0) is 21.7. The number of carbonyl (C=O) groups is 1. The zero-order valence-corrected chi connectivity index (χ0v) is 18.0. The Labute approximate surface area is 186 Å². The highest BCUT2D eigenvalue weighted by Gasteiger charge is 2.38. The number of benzene rings is 2. The number of hydrogen-bond acceptors (Lipinski definition) is 4. The minimum Gasteiger partial charge on any atom is -0.349 e. The van der Waals surface area contributed by atoms with E-state index in [2.05, 4.69) is 58.0 Å². The van der Waals surface area contributed by atoms with Gasteiger partial charge in [-0.3, -0.25) is 4.79 Å². The van der Waals surface area contributed by atoms with E-state index in [4.69, 9.17) is 0 Å². The van der Waals surface area contributed by atoms with Crippen LogP contribution in [0.2, 0.25) is 0 Å². The number of rotatable bonds is 6. The third-order valence-electron chi connectivity index (χ3n) is 6.55. The van der Waals surface area contributed by atoms with E-state index in [1.165, 1.54) is 18.4 Å². The van der Waals surface area contributed by atoms with Crippen LogP contribution in [0.1, 0.15) is 48.5 Å². The van der Waals surface area contributed by atoms with Crippen LogP contribution in [0.5, 0.6) is 0 Å². The fraction of sp³-hybridized carbons (Fsp3) is 0.269. The van der Waals surface area contributed by atoms with Crippen molar-refractivity contribution in [3.63, 3.8) is 0 Å². The Morgan fingerprint density at radius 3 is 2.44 bits per heavy atom. The monoisotopic (exact) mass is 423 g/mol. The molecule has 2 aromatic carbocycles. The molecule has 160 valence electrons. The third-order valence-corrected chi connectivity index (χ3v) is 6.55. The van der Waals surface area contributed by atoms with Crippen molar-refractivity contribution in [2.45, 2.75) is 44.1 Å². The van der Waals surface area contributed by atoms with Gasteiger partial charge in [0.05, 0.1) is 5.69 Å². The van der Waals surface area contributed by atoms with Gasteiger partial charge in [0, 0.05) is 22.9 Å². The van der Waals surface area contributed by atoms with Gasteiger partial charge in [-0.15, -0.1) is 5.10 Å². The predicted molar refractivity (Wildman–Crippen MR) is 125 cm³/mol. The van der Waals surface area contributed by atoms with E-state index in [-0.39, 0.29) is 5.91 Å². The van der Waals surface area contributed by atoms with Gasteiger partial charge in [0.2, 0.25) is 5.95 Å². The van der Waals surface area contributed by atoms with Crippen LogP contribution in [0.25, 0.3) is 16.9 Å². The van der Waals surface area contributed by atoms with Crippen molar-refractivity contribution < 1.29 is 4.79 Å². The first-order chi connectivity index (χ1) is 15.6. The Morgan fingerprint density at radius 1 is 1.00 bits per heavy atom. The molecule has 0 bridgehead atoms. The summed E-state index contributed by atoms with van der Waals surface area (Å²) in [5, 5.41) is 10.9. The molecule has 6 heteroatoms. The molecule has 6 nitrogen and oxygen atoms in total. The number of hydrogen-bond donors (Lipinski definition) is 2. The molecule has 0 aliphatic heterocycles. The van der Waals surface area contributed by atoms with Crippen LogP contribution >= 0.6 is 0 Å². The summed E-state index contributed by atoms with van der Waals surface area (Å²) in [7, 11) is 0. The fourth-order valence-corrected chi connectivity index (χ4v) is 4.03. The van der Waals surface area contributed by atoms with Gasteiger partial charge in [0.15, 0.2) is 5.65 Å². The molecule has 2 aliphatic carbocycles. The highest BCUT2D eigenvalue weighted by molar-refractivity contribution is 5.95. The van der Waals surface area contributed by atoms with Crippen molar-refractivity contribution in [2.75, 3.05) is 5.32 Å². The molecule has 2 aliphatic rings. The molecule has 2 saturated carbocycles. The van der Waals surface area contributed by atoms with Crippen LogP contribution in [-0.4, -0.2) is 26.5 Å². The first kappa shape index (κ1) is 19.0. The van der Waals surface area contributed by atoms with Crippen molar-refractivity contribution in [2.24, 2.45) is 0 Å². The lowest BCUT2D eigenvalue weighted by molar-refractivity contribution is 0.0951. The Balaban J connectivity index is 1.23. The van der Waals surface area contributed by atoms with Gasteiger partial charge in [0.1, 0.15) is 0 Å². The van der Waals surface area contributed by atoms with Crippen LogP contribution in [0.4, 0.5) is 11.6 Å². The number of carbonyl (C=O) groups excluding carboxylic acids is 1. The highest BCUT2D eigenvalue weighted by Crippen LogP contribution is 2.47. The quantitative estimate of drug-likeness (QED) is 0.453. The van der Waals surface area contributed by atoms with E-state index >= 15 is 0 Å². The van der Waals surface area contributed by atoms with E-state index < -0.39 is 0 Å². The molecular weight excluding hydrogens is 398 g/mol. The van der Waals surface area contributed by atoms with Gasteiger partial charge in [0.25, 0.3) is 5.91 Å². The normalized spacial score (nSPS) is 16.7. The third kappa shape index (κ3) is 3.62. The number of nitrogens with one attached hydrogen (secondary N) is 2. The Bertz CT molecular complexity index is 1300. The summed E-state index contributed by atoms with van der Waals surface area (Å²) in [6.07, 6.45) is 4.70. The van der Waals surface area contributed by atoms with E-state index in [0.717, 1.165) is 35.4 Å². The summed E-state index contributed by atoms with van der Waals surface area (Å²) in [4.78, 5) is 16.8. The molecule has 0 atom stereocenters. The number of pyridine rings is 1. The zero-order valence-electron chi connectivity index (χ0n) is 18.0. The summed E-state index contributed by atoms with van der Waals surface area (Å²) in [5.41, 5.74) is 6.17. The second-order valence-electron chi connectivity index (χ2n) is 9.20. The molecule has 0 saturated heterocycles. The lowest BCUT2D eigenvalue weighted by Crippen LogP contribution is -2.25. The van der Waals surface area contributed by atoms with Gasteiger partial charge in [-0.2, -0.15) is 4.98 Å². The van der Waals surface area contributed by atoms with Gasteiger partial charge in [-0.1, -0.05) is 37.3 Å². The van der Waals surface area contributed by atoms with Crippen LogP contribution in [0, 0.1) is 0 Å². The van der Waals surface area contributed by atoms with Crippen molar-refractivity contribution >= 4 is 23.2 Å². The van der Waals surface area contributed by atoms with E-state index in [1.807, 2.05) is 40.9 Å². The SMILES string of the molecule is CC1(c2ccc(-c3cccc4nc(Nc5ccc(C(=O)NC6CC6)cc5)nn34)cc2)CC1. The minimum atomic E-state index is -0.0174. The standard InChI is InChI=1S/C26H25N5O/c1-26(15-16-26)19-9-5-17(6-10-19)22-3-2-4-23-29-25(30-31(22)23)28-21-11-7-18(8-12-21)24(32)27-20-13-14-20/h2-12,20H,13-16H2,1H3,(H,27,32)(H,28,30). The average Bonchev–Trinajstić information content (AvgIpc) is 3.73. The maximum Gasteiger partial charge on any atom is 0.251 e. The molecular formula is C26H25N5O. The molecule has 4 aromatic rings. The Kier molecular flexibility index (Phi) is 4.28. The van der Waals surface area contributed by atoms with E-state index in [9.17, 15) is 4.79 Å². The maximum absolute atomic E-state index is 12.2. The van der Waals surface area contributed by atoms with Crippen LogP contribution < -0.4 is 10.6 Å². The maximum atomic E-state index is 12.2. The summed E-state index contributed by atoms with van der Waals surface area (Å²) in [6.45, 7) is 2.32. The van der Waals surface area contributed by atoms with Gasteiger partial charge >= 0.3 is 0 Å². The van der Waals surface area contributed by atoms with E-state index in [0.29, 0.717) is 23.0 Å².